The van der Waals surface area contributed by atoms with Crippen LogP contribution in [0.2, 0.25) is 0 Å². The Bertz CT molecular complexity index is 559. The predicted molar refractivity (Wildman–Crippen MR) is 84.6 cm³/mol. The van der Waals surface area contributed by atoms with Gasteiger partial charge in [-0.3, -0.25) is 4.79 Å². The van der Waals surface area contributed by atoms with Gasteiger partial charge in [0.15, 0.2) is 0 Å². The molecule has 0 saturated carbocycles. The van der Waals surface area contributed by atoms with Gasteiger partial charge in [0.2, 0.25) is 0 Å². The van der Waals surface area contributed by atoms with E-state index >= 15 is 0 Å². The van der Waals surface area contributed by atoms with Crippen molar-refractivity contribution >= 4 is 29.7 Å². The Balaban J connectivity index is 0.00000147. The van der Waals surface area contributed by atoms with Crippen LogP contribution in [0.15, 0.2) is 47.8 Å². The lowest BCUT2D eigenvalue weighted by Gasteiger charge is -2.15. The van der Waals surface area contributed by atoms with E-state index in [2.05, 4.69) is 12.1 Å². The van der Waals surface area contributed by atoms with Crippen LogP contribution >= 0.6 is 23.7 Å². The lowest BCUT2D eigenvalue weighted by atomic mass is 9.95. The molecule has 1 aromatic heterocycles. The van der Waals surface area contributed by atoms with Gasteiger partial charge in [-0.25, -0.2) is 0 Å². The van der Waals surface area contributed by atoms with Crippen LogP contribution in [0.3, 0.4) is 0 Å². The fourth-order valence-corrected chi connectivity index (χ4v) is 3.29. The summed E-state index contributed by atoms with van der Waals surface area (Å²) in [7, 11) is 0. The highest BCUT2D eigenvalue weighted by Crippen LogP contribution is 2.27. The summed E-state index contributed by atoms with van der Waals surface area (Å²) in [6, 6.07) is 14.0. The molecule has 3 rings (SSSR count). The molecular formula is C15H17ClN2OS. The minimum atomic E-state index is 0. The number of hydrogen-bond donors (Lipinski definition) is 1. The smallest absolute Gasteiger partial charge is 0.263 e. The van der Waals surface area contributed by atoms with Crippen LogP contribution in [-0.2, 0) is 0 Å². The summed E-state index contributed by atoms with van der Waals surface area (Å²) >= 11 is 1.48. The summed E-state index contributed by atoms with van der Waals surface area (Å²) < 4.78 is 0. The Kier molecular flexibility index (Phi) is 4.81. The third-order valence-electron chi connectivity index (χ3n) is 3.61. The average molecular weight is 309 g/mol. The maximum Gasteiger partial charge on any atom is 0.263 e. The topological polar surface area (TPSA) is 46.3 Å². The molecule has 0 unspecified atom stereocenters. The molecule has 1 aliphatic rings. The molecule has 0 radical (unpaired) electrons. The highest BCUT2D eigenvalue weighted by Gasteiger charge is 2.34. The molecule has 1 aromatic carbocycles. The second-order valence-electron chi connectivity index (χ2n) is 4.87. The van der Waals surface area contributed by atoms with Gasteiger partial charge in [0.05, 0.1) is 4.88 Å². The molecule has 2 atom stereocenters. The summed E-state index contributed by atoms with van der Waals surface area (Å²) in [5.41, 5.74) is 7.42. The fourth-order valence-electron chi connectivity index (χ4n) is 2.60. The number of thiophene rings is 1. The number of amides is 1. The first-order chi connectivity index (χ1) is 9.25. The minimum absolute atomic E-state index is 0. The Labute approximate surface area is 128 Å². The molecule has 2 heterocycles. The van der Waals surface area contributed by atoms with Crippen molar-refractivity contribution in [2.75, 3.05) is 13.1 Å². The van der Waals surface area contributed by atoms with Crippen LogP contribution < -0.4 is 5.73 Å². The number of rotatable bonds is 2. The van der Waals surface area contributed by atoms with Crippen molar-refractivity contribution < 1.29 is 4.79 Å². The molecular weight excluding hydrogens is 292 g/mol. The highest BCUT2D eigenvalue weighted by atomic mass is 35.5. The predicted octanol–water partition coefficient (Wildman–Crippen LogP) is 2.74. The molecule has 106 valence electrons. The Morgan fingerprint density at radius 3 is 2.55 bits per heavy atom. The molecule has 0 spiro atoms. The Morgan fingerprint density at radius 2 is 1.90 bits per heavy atom. The van der Waals surface area contributed by atoms with Crippen molar-refractivity contribution in [3.8, 4) is 0 Å². The van der Waals surface area contributed by atoms with Crippen molar-refractivity contribution in [2.24, 2.45) is 5.73 Å². The maximum atomic E-state index is 12.3. The summed E-state index contributed by atoms with van der Waals surface area (Å²) in [6.45, 7) is 1.35. The molecule has 0 bridgehead atoms. The molecule has 3 nitrogen and oxygen atoms in total. The van der Waals surface area contributed by atoms with Gasteiger partial charge in [-0.15, -0.1) is 23.7 Å². The zero-order valence-electron chi connectivity index (χ0n) is 10.9. The molecule has 1 amide bonds. The van der Waals surface area contributed by atoms with Crippen LogP contribution in [0.1, 0.15) is 21.2 Å². The highest BCUT2D eigenvalue weighted by molar-refractivity contribution is 7.12. The normalized spacial score (nSPS) is 21.6. The number of nitrogens with zero attached hydrogens (tertiary/aromatic N) is 1. The van der Waals surface area contributed by atoms with Crippen molar-refractivity contribution in [2.45, 2.75) is 12.0 Å². The van der Waals surface area contributed by atoms with Crippen LogP contribution in [-0.4, -0.2) is 29.9 Å². The van der Waals surface area contributed by atoms with E-state index in [4.69, 9.17) is 5.73 Å². The first-order valence-corrected chi connectivity index (χ1v) is 7.27. The molecule has 2 N–H and O–H groups in total. The lowest BCUT2D eigenvalue weighted by Crippen LogP contribution is -2.31. The zero-order chi connectivity index (χ0) is 13.2. The van der Waals surface area contributed by atoms with E-state index in [1.165, 1.54) is 16.9 Å². The summed E-state index contributed by atoms with van der Waals surface area (Å²) in [5, 5.41) is 1.93. The van der Waals surface area contributed by atoms with E-state index in [1.54, 1.807) is 0 Å². The third-order valence-corrected chi connectivity index (χ3v) is 4.47. The summed E-state index contributed by atoms with van der Waals surface area (Å²) in [5.74, 6) is 0.342. The number of benzene rings is 1. The number of likely N-dealkylation sites (tertiary alicyclic amines) is 1. The number of carbonyl (C=O) groups is 1. The monoisotopic (exact) mass is 308 g/mol. The minimum Gasteiger partial charge on any atom is -0.336 e. The molecule has 20 heavy (non-hydrogen) atoms. The fraction of sp³-hybridized carbons (Fsp3) is 0.267. The molecule has 1 aliphatic heterocycles. The summed E-state index contributed by atoms with van der Waals surface area (Å²) in [4.78, 5) is 15.0. The first-order valence-electron chi connectivity index (χ1n) is 6.39. The van der Waals surface area contributed by atoms with Crippen LogP contribution in [0.25, 0.3) is 0 Å². The standard InChI is InChI=1S/C15H16N2OS.ClH/c16-13-10-17(15(18)14-7-4-8-19-14)9-12(13)11-5-2-1-3-6-11;/h1-8,12-13H,9-10,16H2;1H/t12-,13+;/m0./s1. The van der Waals surface area contributed by atoms with E-state index < -0.39 is 0 Å². The largest absolute Gasteiger partial charge is 0.336 e. The van der Waals surface area contributed by atoms with E-state index in [1.807, 2.05) is 40.6 Å². The zero-order valence-corrected chi connectivity index (χ0v) is 12.6. The summed E-state index contributed by atoms with van der Waals surface area (Å²) in [6.07, 6.45) is 0. The van der Waals surface area contributed by atoms with Gasteiger partial charge in [0, 0.05) is 25.0 Å². The second-order valence-corrected chi connectivity index (χ2v) is 5.82. The Morgan fingerprint density at radius 1 is 1.15 bits per heavy atom. The number of nitrogens with two attached hydrogens (primary N) is 1. The van der Waals surface area contributed by atoms with Gasteiger partial charge >= 0.3 is 0 Å². The van der Waals surface area contributed by atoms with Crippen molar-refractivity contribution in [3.63, 3.8) is 0 Å². The van der Waals surface area contributed by atoms with Crippen LogP contribution in [0.5, 0.6) is 0 Å². The van der Waals surface area contributed by atoms with Crippen molar-refractivity contribution in [3.05, 3.63) is 58.3 Å². The third kappa shape index (κ3) is 2.87. The van der Waals surface area contributed by atoms with Gasteiger partial charge < -0.3 is 10.6 Å². The van der Waals surface area contributed by atoms with Gasteiger partial charge in [0.25, 0.3) is 5.91 Å². The molecule has 0 aliphatic carbocycles. The molecule has 2 aromatic rings. The van der Waals surface area contributed by atoms with Gasteiger partial charge in [-0.05, 0) is 17.0 Å². The molecule has 5 heteroatoms. The lowest BCUT2D eigenvalue weighted by molar-refractivity contribution is 0.0794. The maximum absolute atomic E-state index is 12.3. The van der Waals surface area contributed by atoms with Crippen molar-refractivity contribution in [1.82, 2.24) is 4.90 Å². The SMILES string of the molecule is Cl.N[C@@H]1CN(C(=O)c2cccs2)C[C@H]1c1ccccc1. The Hall–Kier alpha value is -1.36. The van der Waals surface area contributed by atoms with E-state index in [0.29, 0.717) is 13.1 Å². The van der Waals surface area contributed by atoms with Gasteiger partial charge in [0.1, 0.15) is 0 Å². The van der Waals surface area contributed by atoms with Gasteiger partial charge in [-0.1, -0.05) is 36.4 Å². The van der Waals surface area contributed by atoms with Crippen molar-refractivity contribution in [1.29, 1.82) is 0 Å². The first kappa shape index (κ1) is 15.0. The number of halogens is 1. The number of carbonyl (C=O) groups excluding carboxylic acids is 1. The number of hydrogen-bond acceptors (Lipinski definition) is 3. The van der Waals surface area contributed by atoms with E-state index in [-0.39, 0.29) is 30.3 Å². The average Bonchev–Trinajstić information content (AvgIpc) is 3.08. The second kappa shape index (κ2) is 6.39. The molecule has 1 saturated heterocycles. The molecule has 1 fully saturated rings. The van der Waals surface area contributed by atoms with Crippen LogP contribution in [0.4, 0.5) is 0 Å². The van der Waals surface area contributed by atoms with Gasteiger partial charge in [-0.2, -0.15) is 0 Å². The van der Waals surface area contributed by atoms with E-state index in [0.717, 1.165) is 4.88 Å². The van der Waals surface area contributed by atoms with E-state index in [9.17, 15) is 4.79 Å². The van der Waals surface area contributed by atoms with Crippen LogP contribution in [0, 0.1) is 0 Å². The quantitative estimate of drug-likeness (QED) is 0.927.